The largest absolute Gasteiger partial charge is 0.373 e. The van der Waals surface area contributed by atoms with E-state index < -0.39 is 0 Å². The monoisotopic (exact) mass is 365 g/mol. The van der Waals surface area contributed by atoms with Crippen LogP contribution in [0.15, 0.2) is 42.5 Å². The molecule has 2 aromatic carbocycles. The fourth-order valence-corrected chi connectivity index (χ4v) is 4.29. The van der Waals surface area contributed by atoms with E-state index >= 15 is 0 Å². The van der Waals surface area contributed by atoms with Crippen LogP contribution in [0.3, 0.4) is 0 Å². The average molecular weight is 365 g/mol. The number of hydrogen-bond acceptors (Lipinski definition) is 3. The number of fused-ring (bicyclic) bond motifs is 3. The number of nitrogens with zero attached hydrogens (tertiary/aromatic N) is 2. The van der Waals surface area contributed by atoms with Gasteiger partial charge in [0.1, 0.15) is 0 Å². The van der Waals surface area contributed by atoms with Crippen molar-refractivity contribution in [2.75, 3.05) is 25.0 Å². The van der Waals surface area contributed by atoms with Crippen LogP contribution in [-0.2, 0) is 16.1 Å². The van der Waals surface area contributed by atoms with Gasteiger partial charge in [-0.1, -0.05) is 18.2 Å². The lowest BCUT2D eigenvalue weighted by atomic mass is 10.1. The van der Waals surface area contributed by atoms with Crippen molar-refractivity contribution in [2.24, 2.45) is 0 Å². The van der Waals surface area contributed by atoms with Gasteiger partial charge in [-0.3, -0.25) is 9.69 Å². The highest BCUT2D eigenvalue weighted by molar-refractivity contribution is 6.09. The number of aromatic nitrogens is 1. The fourth-order valence-electron chi connectivity index (χ4n) is 4.29. The van der Waals surface area contributed by atoms with Crippen molar-refractivity contribution >= 4 is 33.4 Å². The molecule has 2 heterocycles. The first-order valence-electron chi connectivity index (χ1n) is 9.73. The Morgan fingerprint density at radius 1 is 1.07 bits per heavy atom. The molecule has 1 saturated heterocycles. The van der Waals surface area contributed by atoms with Crippen molar-refractivity contribution in [3.8, 4) is 0 Å². The molecule has 1 amide bonds. The molecule has 0 aliphatic carbocycles. The summed E-state index contributed by atoms with van der Waals surface area (Å²) in [4.78, 5) is 14.7. The second-order valence-corrected chi connectivity index (χ2v) is 7.49. The Morgan fingerprint density at radius 3 is 2.52 bits per heavy atom. The maximum absolute atomic E-state index is 12.6. The number of aryl methyl sites for hydroxylation is 1. The Bertz CT molecular complexity index is 968. The molecule has 1 fully saturated rings. The number of amides is 1. The Morgan fingerprint density at radius 2 is 1.78 bits per heavy atom. The van der Waals surface area contributed by atoms with E-state index in [1.54, 1.807) is 0 Å². The van der Waals surface area contributed by atoms with Gasteiger partial charge in [0, 0.05) is 47.1 Å². The summed E-state index contributed by atoms with van der Waals surface area (Å²) in [6.07, 6.45) is 0.330. The third-order valence-corrected chi connectivity index (χ3v) is 5.23. The van der Waals surface area contributed by atoms with Gasteiger partial charge in [0.15, 0.2) is 0 Å². The summed E-state index contributed by atoms with van der Waals surface area (Å²) in [5.74, 6) is 0.0230. The van der Waals surface area contributed by atoms with Crippen LogP contribution in [0.5, 0.6) is 0 Å². The number of carbonyl (C=O) groups is 1. The molecule has 5 heteroatoms. The third kappa shape index (κ3) is 3.57. The second kappa shape index (κ2) is 7.33. The van der Waals surface area contributed by atoms with Crippen molar-refractivity contribution in [3.63, 3.8) is 0 Å². The number of ether oxygens (including phenoxy) is 1. The molecule has 5 nitrogen and oxygen atoms in total. The molecular weight excluding hydrogens is 338 g/mol. The molecule has 0 spiro atoms. The number of morpholine rings is 1. The summed E-state index contributed by atoms with van der Waals surface area (Å²) in [7, 11) is 0. The molecule has 1 aliphatic heterocycles. The number of anilines is 1. The Balaban J connectivity index is 1.56. The van der Waals surface area contributed by atoms with E-state index in [-0.39, 0.29) is 18.1 Å². The van der Waals surface area contributed by atoms with Crippen molar-refractivity contribution < 1.29 is 9.53 Å². The van der Waals surface area contributed by atoms with Crippen LogP contribution < -0.4 is 5.32 Å². The molecule has 2 atom stereocenters. The van der Waals surface area contributed by atoms with E-state index in [9.17, 15) is 4.79 Å². The lowest BCUT2D eigenvalue weighted by Crippen LogP contribution is -2.48. The minimum absolute atomic E-state index is 0.0230. The van der Waals surface area contributed by atoms with E-state index in [0.29, 0.717) is 6.54 Å². The van der Waals surface area contributed by atoms with Gasteiger partial charge < -0.3 is 14.6 Å². The van der Waals surface area contributed by atoms with Gasteiger partial charge in [-0.15, -0.1) is 0 Å². The first-order valence-corrected chi connectivity index (χ1v) is 9.73. The number of nitrogens with one attached hydrogen (secondary N) is 1. The summed E-state index contributed by atoms with van der Waals surface area (Å²) in [6, 6.07) is 14.6. The maximum atomic E-state index is 12.6. The number of carbonyl (C=O) groups excluding carboxylic acids is 1. The number of para-hydroxylation sites is 1. The highest BCUT2D eigenvalue weighted by Crippen LogP contribution is 2.31. The lowest BCUT2D eigenvalue weighted by molar-refractivity contribution is -0.121. The van der Waals surface area contributed by atoms with Crippen molar-refractivity contribution in [2.45, 2.75) is 39.5 Å². The van der Waals surface area contributed by atoms with Crippen LogP contribution in [0, 0.1) is 0 Å². The van der Waals surface area contributed by atoms with Gasteiger partial charge in [0.25, 0.3) is 0 Å². The topological polar surface area (TPSA) is 46.5 Å². The maximum Gasteiger partial charge on any atom is 0.238 e. The molecule has 4 rings (SSSR count). The molecule has 1 aliphatic rings. The van der Waals surface area contributed by atoms with E-state index in [1.807, 2.05) is 6.07 Å². The highest BCUT2D eigenvalue weighted by atomic mass is 16.5. The Kier molecular flexibility index (Phi) is 4.89. The minimum atomic E-state index is 0.0230. The van der Waals surface area contributed by atoms with Crippen molar-refractivity contribution in [1.82, 2.24) is 9.47 Å². The SMILES string of the molecule is CCn1c2ccccc2c2cc(NC(=O)CN3C[C@@H](C)O[C@@H](C)C3)ccc21. The molecule has 0 bridgehead atoms. The summed E-state index contributed by atoms with van der Waals surface area (Å²) < 4.78 is 8.05. The second-order valence-electron chi connectivity index (χ2n) is 7.49. The minimum Gasteiger partial charge on any atom is -0.373 e. The van der Waals surface area contributed by atoms with Crippen molar-refractivity contribution in [3.05, 3.63) is 42.5 Å². The Hall–Kier alpha value is -2.37. The zero-order valence-electron chi connectivity index (χ0n) is 16.2. The van der Waals surface area contributed by atoms with Crippen LogP contribution in [0.2, 0.25) is 0 Å². The quantitative estimate of drug-likeness (QED) is 0.764. The average Bonchev–Trinajstić information content (AvgIpc) is 2.94. The molecule has 142 valence electrons. The van der Waals surface area contributed by atoms with Crippen molar-refractivity contribution in [1.29, 1.82) is 0 Å². The fraction of sp³-hybridized carbons (Fsp3) is 0.409. The van der Waals surface area contributed by atoms with Gasteiger partial charge in [-0.25, -0.2) is 0 Å². The smallest absolute Gasteiger partial charge is 0.238 e. The molecule has 1 aromatic heterocycles. The molecule has 0 radical (unpaired) electrons. The van der Waals surface area contributed by atoms with Gasteiger partial charge in [0.05, 0.1) is 18.8 Å². The molecular formula is C22H27N3O2. The van der Waals surface area contributed by atoms with Gasteiger partial charge >= 0.3 is 0 Å². The number of rotatable bonds is 4. The van der Waals surface area contributed by atoms with E-state index in [4.69, 9.17) is 4.74 Å². The molecule has 1 N–H and O–H groups in total. The summed E-state index contributed by atoms with van der Waals surface area (Å²) in [6.45, 7) is 9.17. The van der Waals surface area contributed by atoms with E-state index in [2.05, 4.69) is 72.0 Å². The van der Waals surface area contributed by atoms with Gasteiger partial charge in [-0.2, -0.15) is 0 Å². The van der Waals surface area contributed by atoms with E-state index in [1.165, 1.54) is 21.8 Å². The predicted molar refractivity (Wildman–Crippen MR) is 110 cm³/mol. The highest BCUT2D eigenvalue weighted by Gasteiger charge is 2.23. The van der Waals surface area contributed by atoms with E-state index in [0.717, 1.165) is 25.3 Å². The van der Waals surface area contributed by atoms with Crippen LogP contribution >= 0.6 is 0 Å². The Labute approximate surface area is 159 Å². The standard InChI is InChI=1S/C22H27N3O2/c1-4-25-20-8-6-5-7-18(20)19-11-17(9-10-21(19)25)23-22(26)14-24-12-15(2)27-16(3)13-24/h5-11,15-16H,4,12-14H2,1-3H3,(H,23,26)/t15-,16+. The summed E-state index contributed by atoms with van der Waals surface area (Å²) in [5, 5.41) is 5.48. The predicted octanol–water partition coefficient (Wildman–Crippen LogP) is 3.86. The van der Waals surface area contributed by atoms with Crippen LogP contribution in [0.1, 0.15) is 20.8 Å². The first kappa shape index (κ1) is 18.0. The van der Waals surface area contributed by atoms with Gasteiger partial charge in [0.2, 0.25) is 5.91 Å². The third-order valence-electron chi connectivity index (χ3n) is 5.23. The number of hydrogen-bond donors (Lipinski definition) is 1. The van der Waals surface area contributed by atoms with Crippen LogP contribution in [-0.4, -0.2) is 47.2 Å². The van der Waals surface area contributed by atoms with Crippen LogP contribution in [0.25, 0.3) is 21.8 Å². The molecule has 0 unspecified atom stereocenters. The summed E-state index contributed by atoms with van der Waals surface area (Å²) >= 11 is 0. The first-order chi connectivity index (χ1) is 13.0. The zero-order chi connectivity index (χ0) is 19.0. The lowest BCUT2D eigenvalue weighted by Gasteiger charge is -2.34. The molecule has 27 heavy (non-hydrogen) atoms. The summed E-state index contributed by atoms with van der Waals surface area (Å²) in [5.41, 5.74) is 3.28. The molecule has 0 saturated carbocycles. The van der Waals surface area contributed by atoms with Crippen LogP contribution in [0.4, 0.5) is 5.69 Å². The normalized spacial score (nSPS) is 21.0. The zero-order valence-corrected chi connectivity index (χ0v) is 16.2. The number of benzene rings is 2. The van der Waals surface area contributed by atoms with Gasteiger partial charge in [-0.05, 0) is 45.0 Å². The molecule has 3 aromatic rings.